The summed E-state index contributed by atoms with van der Waals surface area (Å²) in [5.41, 5.74) is -0.202. The van der Waals surface area contributed by atoms with Gasteiger partial charge in [0.2, 0.25) is 11.8 Å². The smallest absolute Gasteiger partial charge is 0.224 e. The van der Waals surface area contributed by atoms with Gasteiger partial charge < -0.3 is 14.5 Å². The molecule has 0 aromatic heterocycles. The number of hydrogen-bond donors (Lipinski definition) is 0. The fourth-order valence-corrected chi connectivity index (χ4v) is 3.11. The van der Waals surface area contributed by atoms with E-state index in [0.29, 0.717) is 39.3 Å². The molecule has 0 bridgehead atoms. The molecule has 0 aliphatic carbocycles. The number of rotatable bonds is 1. The first-order valence-corrected chi connectivity index (χ1v) is 6.73. The maximum atomic E-state index is 12.2. The third-order valence-electron chi connectivity index (χ3n) is 4.14. The van der Waals surface area contributed by atoms with Crippen LogP contribution in [0.2, 0.25) is 0 Å². The number of ether oxygens (including phenoxy) is 1. The molecule has 1 spiro atoms. The van der Waals surface area contributed by atoms with Crippen LogP contribution in [0.1, 0.15) is 33.1 Å². The molecule has 2 amide bonds. The molecular formula is C13H22N2O3. The van der Waals surface area contributed by atoms with E-state index in [4.69, 9.17) is 4.74 Å². The van der Waals surface area contributed by atoms with Crippen molar-refractivity contribution in [3.63, 3.8) is 0 Å². The van der Waals surface area contributed by atoms with Gasteiger partial charge in [-0.15, -0.1) is 0 Å². The van der Waals surface area contributed by atoms with Crippen LogP contribution in [0.5, 0.6) is 0 Å². The molecule has 2 saturated heterocycles. The van der Waals surface area contributed by atoms with Gasteiger partial charge in [-0.1, -0.05) is 0 Å². The van der Waals surface area contributed by atoms with E-state index in [-0.39, 0.29) is 17.4 Å². The van der Waals surface area contributed by atoms with Crippen LogP contribution in [0.3, 0.4) is 0 Å². The SMILES string of the molecule is CCN1C(=O)CCN(C(C)=O)CC12CCOCC2. The summed E-state index contributed by atoms with van der Waals surface area (Å²) in [5.74, 6) is 0.231. The summed E-state index contributed by atoms with van der Waals surface area (Å²) in [7, 11) is 0. The van der Waals surface area contributed by atoms with Crippen molar-refractivity contribution in [1.82, 2.24) is 9.80 Å². The average molecular weight is 254 g/mol. The third kappa shape index (κ3) is 2.36. The van der Waals surface area contributed by atoms with Gasteiger partial charge in [0.15, 0.2) is 0 Å². The molecule has 5 heteroatoms. The molecule has 2 fully saturated rings. The summed E-state index contributed by atoms with van der Waals surface area (Å²) in [4.78, 5) is 27.7. The summed E-state index contributed by atoms with van der Waals surface area (Å²) in [6.45, 7) is 6.87. The Bertz CT molecular complexity index is 337. The van der Waals surface area contributed by atoms with Crippen LogP contribution < -0.4 is 0 Å². The van der Waals surface area contributed by atoms with Crippen LogP contribution >= 0.6 is 0 Å². The minimum Gasteiger partial charge on any atom is -0.381 e. The van der Waals surface area contributed by atoms with Crippen LogP contribution in [-0.2, 0) is 14.3 Å². The second-order valence-electron chi connectivity index (χ2n) is 5.17. The van der Waals surface area contributed by atoms with E-state index in [2.05, 4.69) is 0 Å². The molecule has 0 aromatic rings. The first kappa shape index (κ1) is 13.3. The Morgan fingerprint density at radius 1 is 1.39 bits per heavy atom. The molecule has 0 atom stereocenters. The highest BCUT2D eigenvalue weighted by molar-refractivity contribution is 5.80. The minimum atomic E-state index is -0.202. The Morgan fingerprint density at radius 2 is 2.06 bits per heavy atom. The molecule has 0 unspecified atom stereocenters. The number of amides is 2. The summed E-state index contributed by atoms with van der Waals surface area (Å²) in [6, 6.07) is 0. The van der Waals surface area contributed by atoms with Crippen LogP contribution in [0.15, 0.2) is 0 Å². The lowest BCUT2D eigenvalue weighted by Gasteiger charge is -2.46. The van der Waals surface area contributed by atoms with E-state index in [9.17, 15) is 9.59 Å². The highest BCUT2D eigenvalue weighted by atomic mass is 16.5. The van der Waals surface area contributed by atoms with Crippen LogP contribution in [0, 0.1) is 0 Å². The molecule has 18 heavy (non-hydrogen) atoms. The van der Waals surface area contributed by atoms with Gasteiger partial charge in [0.25, 0.3) is 0 Å². The Hall–Kier alpha value is -1.10. The summed E-state index contributed by atoms with van der Waals surface area (Å²) < 4.78 is 5.42. The first-order valence-electron chi connectivity index (χ1n) is 6.73. The number of likely N-dealkylation sites (N-methyl/N-ethyl adjacent to an activating group) is 1. The Labute approximate surface area is 108 Å². The number of carbonyl (C=O) groups is 2. The van der Waals surface area contributed by atoms with Gasteiger partial charge in [-0.2, -0.15) is 0 Å². The molecule has 2 aliphatic rings. The molecule has 0 N–H and O–H groups in total. The molecule has 0 radical (unpaired) electrons. The van der Waals surface area contributed by atoms with E-state index >= 15 is 0 Å². The topological polar surface area (TPSA) is 49.9 Å². The lowest BCUT2D eigenvalue weighted by molar-refractivity contribution is -0.141. The monoisotopic (exact) mass is 254 g/mol. The van der Waals surface area contributed by atoms with Crippen molar-refractivity contribution in [2.75, 3.05) is 32.8 Å². The van der Waals surface area contributed by atoms with Gasteiger partial charge in [0.05, 0.1) is 5.54 Å². The molecule has 2 aliphatic heterocycles. The minimum absolute atomic E-state index is 0.0617. The standard InChI is InChI=1S/C13H22N2O3/c1-3-15-12(17)4-7-14(11(2)16)10-13(15)5-8-18-9-6-13/h3-10H2,1-2H3. The van der Waals surface area contributed by atoms with Crippen molar-refractivity contribution in [2.45, 2.75) is 38.6 Å². The van der Waals surface area contributed by atoms with Gasteiger partial charge >= 0.3 is 0 Å². The lowest BCUT2D eigenvalue weighted by Crippen LogP contribution is -2.58. The van der Waals surface area contributed by atoms with Crippen LogP contribution in [0.25, 0.3) is 0 Å². The summed E-state index contributed by atoms with van der Waals surface area (Å²) >= 11 is 0. The van der Waals surface area contributed by atoms with Crippen molar-refractivity contribution in [3.05, 3.63) is 0 Å². The fourth-order valence-electron chi connectivity index (χ4n) is 3.11. The summed E-state index contributed by atoms with van der Waals surface area (Å²) in [5, 5.41) is 0. The maximum Gasteiger partial charge on any atom is 0.224 e. The molecule has 2 heterocycles. The van der Waals surface area contributed by atoms with Gasteiger partial charge in [0, 0.05) is 46.2 Å². The van der Waals surface area contributed by atoms with Crippen LogP contribution in [0.4, 0.5) is 0 Å². The largest absolute Gasteiger partial charge is 0.381 e. The van der Waals surface area contributed by atoms with E-state index in [1.54, 1.807) is 6.92 Å². The Balaban J connectivity index is 2.28. The molecule has 2 rings (SSSR count). The molecule has 0 aromatic carbocycles. The molecule has 5 nitrogen and oxygen atoms in total. The zero-order valence-electron chi connectivity index (χ0n) is 11.3. The number of hydrogen-bond acceptors (Lipinski definition) is 3. The van der Waals surface area contributed by atoms with E-state index in [1.165, 1.54) is 0 Å². The zero-order chi connectivity index (χ0) is 13.2. The van der Waals surface area contributed by atoms with Gasteiger partial charge in [-0.3, -0.25) is 9.59 Å². The predicted octanol–water partition coefficient (Wildman–Crippen LogP) is 0.636. The first-order chi connectivity index (χ1) is 8.59. The van der Waals surface area contributed by atoms with Gasteiger partial charge in [-0.25, -0.2) is 0 Å². The van der Waals surface area contributed by atoms with Crippen molar-refractivity contribution in [1.29, 1.82) is 0 Å². The number of nitrogens with zero attached hydrogens (tertiary/aromatic N) is 2. The fraction of sp³-hybridized carbons (Fsp3) is 0.846. The second kappa shape index (κ2) is 5.26. The van der Waals surface area contributed by atoms with Crippen LogP contribution in [-0.4, -0.2) is 60.0 Å². The van der Waals surface area contributed by atoms with Crippen molar-refractivity contribution in [2.24, 2.45) is 0 Å². The van der Waals surface area contributed by atoms with Crippen molar-refractivity contribution in [3.8, 4) is 0 Å². The highest BCUT2D eigenvalue weighted by Gasteiger charge is 2.44. The average Bonchev–Trinajstić information content (AvgIpc) is 2.48. The predicted molar refractivity (Wildman–Crippen MR) is 67.0 cm³/mol. The number of carbonyl (C=O) groups excluding carboxylic acids is 2. The molecule has 0 saturated carbocycles. The Kier molecular flexibility index (Phi) is 3.90. The van der Waals surface area contributed by atoms with Gasteiger partial charge in [-0.05, 0) is 19.8 Å². The maximum absolute atomic E-state index is 12.2. The van der Waals surface area contributed by atoms with E-state index in [1.807, 2.05) is 16.7 Å². The molecular weight excluding hydrogens is 232 g/mol. The normalized spacial score (nSPS) is 24.2. The van der Waals surface area contributed by atoms with Gasteiger partial charge in [0.1, 0.15) is 0 Å². The van der Waals surface area contributed by atoms with Crippen molar-refractivity contribution >= 4 is 11.8 Å². The third-order valence-corrected chi connectivity index (χ3v) is 4.14. The van der Waals surface area contributed by atoms with E-state index < -0.39 is 0 Å². The quantitative estimate of drug-likeness (QED) is 0.690. The van der Waals surface area contributed by atoms with Crippen molar-refractivity contribution < 1.29 is 14.3 Å². The highest BCUT2D eigenvalue weighted by Crippen LogP contribution is 2.31. The lowest BCUT2D eigenvalue weighted by atomic mass is 9.87. The van der Waals surface area contributed by atoms with E-state index in [0.717, 1.165) is 12.8 Å². The summed E-state index contributed by atoms with van der Waals surface area (Å²) in [6.07, 6.45) is 2.10. The Morgan fingerprint density at radius 3 is 2.61 bits per heavy atom. The molecule has 102 valence electrons. The zero-order valence-corrected chi connectivity index (χ0v) is 11.3. The second-order valence-corrected chi connectivity index (χ2v) is 5.17.